The Morgan fingerprint density at radius 2 is 2.08 bits per heavy atom. The summed E-state index contributed by atoms with van der Waals surface area (Å²) in [5, 5.41) is 19.8. The van der Waals surface area contributed by atoms with E-state index in [1.54, 1.807) is 12.2 Å². The fraction of sp³-hybridized carbons (Fsp3) is 0.636. The van der Waals surface area contributed by atoms with Crippen LogP contribution in [0.4, 0.5) is 0 Å². The molecule has 0 amide bonds. The molecule has 0 aromatic heterocycles. The average Bonchev–Trinajstić information content (AvgIpc) is 2.92. The van der Waals surface area contributed by atoms with Crippen LogP contribution in [0.25, 0.3) is 0 Å². The van der Waals surface area contributed by atoms with Gasteiger partial charge in [0, 0.05) is 12.3 Å². The third kappa shape index (κ3) is 6.56. The maximum absolute atomic E-state index is 12.6. The first kappa shape index (κ1) is 22.4. The molecule has 1 aliphatic rings. The van der Waals surface area contributed by atoms with Crippen LogP contribution in [0.15, 0.2) is 37.0 Å². The molecule has 4 nitrogen and oxygen atoms in total. The molecule has 0 aliphatic heterocycles. The summed E-state index contributed by atoms with van der Waals surface area (Å²) >= 11 is 0. The number of aliphatic hydroxyl groups is 1. The van der Waals surface area contributed by atoms with E-state index in [1.807, 2.05) is 25.2 Å². The van der Waals surface area contributed by atoms with Crippen molar-refractivity contribution < 1.29 is 19.8 Å². The van der Waals surface area contributed by atoms with Gasteiger partial charge in [-0.15, -0.1) is 6.58 Å². The summed E-state index contributed by atoms with van der Waals surface area (Å²) in [6.07, 6.45) is 13.9. The molecule has 0 heterocycles. The zero-order valence-corrected chi connectivity index (χ0v) is 16.1. The van der Waals surface area contributed by atoms with Crippen LogP contribution in [-0.4, -0.2) is 28.1 Å². The van der Waals surface area contributed by atoms with Crippen molar-refractivity contribution in [3.05, 3.63) is 37.0 Å². The van der Waals surface area contributed by atoms with Crippen LogP contribution >= 0.6 is 0 Å². The van der Waals surface area contributed by atoms with Crippen molar-refractivity contribution in [2.45, 2.75) is 64.9 Å². The number of allylic oxidation sites excluding steroid dienone is 4. The minimum atomic E-state index is -0.917. The number of carboxylic acids is 1. The van der Waals surface area contributed by atoms with E-state index in [0.29, 0.717) is 25.7 Å². The monoisotopic (exact) mass is 362 g/mol. The van der Waals surface area contributed by atoms with Gasteiger partial charge in [-0.05, 0) is 38.0 Å². The van der Waals surface area contributed by atoms with Gasteiger partial charge in [0.1, 0.15) is 5.78 Å². The Kier molecular flexibility index (Phi) is 10.2. The molecule has 2 N–H and O–H groups in total. The zero-order chi connectivity index (χ0) is 19.5. The quantitative estimate of drug-likeness (QED) is 0.394. The fourth-order valence-corrected chi connectivity index (χ4v) is 3.84. The second-order valence-electron chi connectivity index (χ2n) is 7.21. The third-order valence-electron chi connectivity index (χ3n) is 5.31. The Hall–Kier alpha value is -1.68. The van der Waals surface area contributed by atoms with Crippen molar-refractivity contribution in [3.8, 4) is 0 Å². The average molecular weight is 363 g/mol. The summed E-state index contributed by atoms with van der Waals surface area (Å²) in [6, 6.07) is 0. The number of aliphatic hydroxyl groups excluding tert-OH is 1. The van der Waals surface area contributed by atoms with Gasteiger partial charge in [0.2, 0.25) is 0 Å². The normalized spacial score (nSPS) is 25.8. The molecule has 1 rings (SSSR count). The number of carbonyl (C=O) groups excluding carboxylic acids is 1. The number of unbranched alkanes of at least 4 members (excludes halogenated alkanes) is 2. The highest BCUT2D eigenvalue weighted by Gasteiger charge is 2.46. The molecule has 1 saturated carbocycles. The van der Waals surface area contributed by atoms with Gasteiger partial charge in [-0.3, -0.25) is 9.59 Å². The summed E-state index contributed by atoms with van der Waals surface area (Å²) in [6.45, 7) is 7.84. The lowest BCUT2D eigenvalue weighted by molar-refractivity contribution is -0.146. The highest BCUT2D eigenvalue weighted by molar-refractivity contribution is 5.89. The number of ketones is 1. The van der Waals surface area contributed by atoms with Gasteiger partial charge in [0.05, 0.1) is 12.0 Å². The number of hydrogen-bond donors (Lipinski definition) is 2. The predicted octanol–water partition coefficient (Wildman–Crippen LogP) is 4.55. The van der Waals surface area contributed by atoms with E-state index in [9.17, 15) is 19.8 Å². The SMILES string of the molecule is C=CC1CC(=O)C(C(CC/C=C/C)C(=O)O)C1/C=C/C(O)CCCCC. The molecule has 146 valence electrons. The summed E-state index contributed by atoms with van der Waals surface area (Å²) in [5.41, 5.74) is 0. The molecular formula is C22H34O4. The molecule has 5 atom stereocenters. The largest absolute Gasteiger partial charge is 0.481 e. The standard InChI is InChI=1S/C22H34O4/c1-4-7-9-11-17(23)13-14-18-16(6-3)15-20(24)21(18)19(22(25)26)12-10-8-5-2/h5-6,8,13-14,16-19,21,23H,3-4,7,9-12,15H2,1-2H3,(H,25,26)/b8-5+,14-13+. The zero-order valence-electron chi connectivity index (χ0n) is 16.1. The van der Waals surface area contributed by atoms with Crippen molar-refractivity contribution >= 4 is 11.8 Å². The predicted molar refractivity (Wildman–Crippen MR) is 105 cm³/mol. The topological polar surface area (TPSA) is 74.6 Å². The third-order valence-corrected chi connectivity index (χ3v) is 5.31. The van der Waals surface area contributed by atoms with Crippen LogP contribution in [0.2, 0.25) is 0 Å². The molecule has 0 saturated heterocycles. The Bertz CT molecular complexity index is 520. The number of carbonyl (C=O) groups is 2. The summed E-state index contributed by atoms with van der Waals surface area (Å²) < 4.78 is 0. The van der Waals surface area contributed by atoms with E-state index < -0.39 is 23.9 Å². The van der Waals surface area contributed by atoms with Gasteiger partial charge >= 0.3 is 5.97 Å². The van der Waals surface area contributed by atoms with E-state index in [2.05, 4.69) is 13.5 Å². The molecule has 1 aliphatic carbocycles. The van der Waals surface area contributed by atoms with Gasteiger partial charge in [-0.1, -0.05) is 56.6 Å². The minimum absolute atomic E-state index is 0.00194. The highest BCUT2D eigenvalue weighted by Crippen LogP contribution is 2.42. The second-order valence-corrected chi connectivity index (χ2v) is 7.21. The molecule has 0 radical (unpaired) electrons. The van der Waals surface area contributed by atoms with Gasteiger partial charge in [0.25, 0.3) is 0 Å². The number of Topliss-reactive ketones (excluding diaryl/α,β-unsaturated/α-hetero) is 1. The Morgan fingerprint density at radius 3 is 2.65 bits per heavy atom. The Labute approximate surface area is 157 Å². The van der Waals surface area contributed by atoms with Gasteiger partial charge in [-0.2, -0.15) is 0 Å². The molecule has 1 fully saturated rings. The molecule has 0 bridgehead atoms. The van der Waals surface area contributed by atoms with E-state index in [-0.39, 0.29) is 17.6 Å². The van der Waals surface area contributed by atoms with Crippen LogP contribution in [0.3, 0.4) is 0 Å². The van der Waals surface area contributed by atoms with Crippen molar-refractivity contribution in [1.29, 1.82) is 0 Å². The van der Waals surface area contributed by atoms with Crippen molar-refractivity contribution in [2.24, 2.45) is 23.7 Å². The van der Waals surface area contributed by atoms with E-state index in [1.165, 1.54) is 0 Å². The maximum Gasteiger partial charge on any atom is 0.307 e. The molecule has 5 unspecified atom stereocenters. The second kappa shape index (κ2) is 11.8. The molecule has 0 spiro atoms. The highest BCUT2D eigenvalue weighted by atomic mass is 16.4. The Morgan fingerprint density at radius 1 is 1.35 bits per heavy atom. The van der Waals surface area contributed by atoms with Crippen molar-refractivity contribution in [1.82, 2.24) is 0 Å². The van der Waals surface area contributed by atoms with Crippen molar-refractivity contribution in [3.63, 3.8) is 0 Å². The van der Waals surface area contributed by atoms with E-state index >= 15 is 0 Å². The molecule has 4 heteroatoms. The van der Waals surface area contributed by atoms with Crippen LogP contribution in [0.5, 0.6) is 0 Å². The Balaban J connectivity index is 2.92. The molecule has 0 aromatic carbocycles. The minimum Gasteiger partial charge on any atom is -0.481 e. The molecule has 26 heavy (non-hydrogen) atoms. The smallest absolute Gasteiger partial charge is 0.307 e. The van der Waals surface area contributed by atoms with Crippen LogP contribution < -0.4 is 0 Å². The number of aliphatic carboxylic acids is 1. The van der Waals surface area contributed by atoms with Crippen LogP contribution in [-0.2, 0) is 9.59 Å². The number of carboxylic acid groups (broad SMARTS) is 1. The summed E-state index contributed by atoms with van der Waals surface area (Å²) in [4.78, 5) is 24.4. The van der Waals surface area contributed by atoms with Crippen molar-refractivity contribution in [2.75, 3.05) is 0 Å². The summed E-state index contributed by atoms with van der Waals surface area (Å²) in [5.74, 6) is -2.42. The first-order valence-electron chi connectivity index (χ1n) is 9.81. The molecular weight excluding hydrogens is 328 g/mol. The fourth-order valence-electron chi connectivity index (χ4n) is 3.84. The van der Waals surface area contributed by atoms with Gasteiger partial charge < -0.3 is 10.2 Å². The first-order chi connectivity index (χ1) is 12.5. The summed E-state index contributed by atoms with van der Waals surface area (Å²) in [7, 11) is 0. The lowest BCUT2D eigenvalue weighted by atomic mass is 9.78. The van der Waals surface area contributed by atoms with Gasteiger partial charge in [-0.25, -0.2) is 0 Å². The van der Waals surface area contributed by atoms with E-state index in [0.717, 1.165) is 19.3 Å². The van der Waals surface area contributed by atoms with E-state index in [4.69, 9.17) is 0 Å². The van der Waals surface area contributed by atoms with Crippen LogP contribution in [0, 0.1) is 23.7 Å². The maximum atomic E-state index is 12.6. The lowest BCUT2D eigenvalue weighted by Crippen LogP contribution is -2.31. The molecule has 0 aromatic rings. The number of rotatable bonds is 12. The first-order valence-corrected chi connectivity index (χ1v) is 9.81. The van der Waals surface area contributed by atoms with Gasteiger partial charge in [0.15, 0.2) is 0 Å². The lowest BCUT2D eigenvalue weighted by Gasteiger charge is -2.24. The van der Waals surface area contributed by atoms with Crippen LogP contribution in [0.1, 0.15) is 58.8 Å². The number of hydrogen-bond acceptors (Lipinski definition) is 3.